The van der Waals surface area contributed by atoms with Gasteiger partial charge in [0.2, 0.25) is 0 Å². The molecule has 0 spiro atoms. The third kappa shape index (κ3) is 5.74. The van der Waals surface area contributed by atoms with Crippen molar-refractivity contribution in [3.63, 3.8) is 0 Å². The summed E-state index contributed by atoms with van der Waals surface area (Å²) in [6.45, 7) is 0. The molecule has 2 aliphatic heterocycles. The van der Waals surface area contributed by atoms with Crippen LogP contribution in [0.25, 0.3) is 0 Å². The molecule has 2 heterocycles. The van der Waals surface area contributed by atoms with Gasteiger partial charge in [-0.3, -0.25) is 11.5 Å². The van der Waals surface area contributed by atoms with Gasteiger partial charge in [0.05, 0.1) is 22.7 Å². The Balaban J connectivity index is 0.000000200. The Hall–Kier alpha value is -3.68. The van der Waals surface area contributed by atoms with Gasteiger partial charge in [-0.1, -0.05) is 72.8 Å². The molecule has 0 unspecified atom stereocenters. The molecular weight excluding hydrogens is 519 g/mol. The van der Waals surface area contributed by atoms with E-state index in [1.165, 1.54) is 22.3 Å². The summed E-state index contributed by atoms with van der Waals surface area (Å²) in [4.78, 5) is 27.2. The second-order valence-electron chi connectivity index (χ2n) is 8.97. The zero-order valence-electron chi connectivity index (χ0n) is 20.9. The number of urea groups is 2. The lowest BCUT2D eigenvalue weighted by molar-refractivity contribution is -0.246. The summed E-state index contributed by atoms with van der Waals surface area (Å²) < 4.78 is 0. The number of halogens is 2. The molecule has 6 rings (SSSR count). The molecule has 8 heteroatoms. The first-order valence-corrected chi connectivity index (χ1v) is 12.2. The molecule has 0 fully saturated rings. The van der Waals surface area contributed by atoms with Crippen LogP contribution in [0.5, 0.6) is 0 Å². The first-order valence-electron chi connectivity index (χ1n) is 12.2. The summed E-state index contributed by atoms with van der Waals surface area (Å²) in [7, 11) is 0. The van der Waals surface area contributed by atoms with Crippen molar-refractivity contribution in [2.45, 2.75) is 25.7 Å². The number of hydrogen-bond donors (Lipinski definition) is 2. The second-order valence-corrected chi connectivity index (χ2v) is 8.97. The van der Waals surface area contributed by atoms with Crippen LogP contribution in [0, 0.1) is 0 Å². The monoisotopic (exact) mass is 548 g/mol. The Morgan fingerprint density at radius 1 is 0.447 bits per heavy atom. The van der Waals surface area contributed by atoms with Crippen LogP contribution in [0.4, 0.5) is 32.3 Å². The number of rotatable bonds is 0. The highest BCUT2D eigenvalue weighted by Gasteiger charge is 2.26. The molecule has 0 atom stereocenters. The van der Waals surface area contributed by atoms with Crippen molar-refractivity contribution in [1.82, 2.24) is 0 Å². The third-order valence-electron chi connectivity index (χ3n) is 6.76. The van der Waals surface area contributed by atoms with E-state index < -0.39 is 0 Å². The molecule has 0 aromatic heterocycles. The maximum atomic E-state index is 11.9. The normalized spacial score (nSPS) is 12.8. The van der Waals surface area contributed by atoms with Crippen molar-refractivity contribution in [3.8, 4) is 0 Å². The van der Waals surface area contributed by atoms with E-state index in [0.717, 1.165) is 48.4 Å². The van der Waals surface area contributed by atoms with Gasteiger partial charge >= 0.3 is 12.1 Å². The smallest absolute Gasteiger partial charge is 0.423 e. The predicted octanol–water partition coefficient (Wildman–Crippen LogP) is -1.42. The number of fused-ring (bicyclic) bond motifs is 4. The van der Waals surface area contributed by atoms with Crippen molar-refractivity contribution in [1.29, 1.82) is 0 Å². The Bertz CT molecular complexity index is 1240. The van der Waals surface area contributed by atoms with E-state index >= 15 is 0 Å². The van der Waals surface area contributed by atoms with Crippen molar-refractivity contribution < 1.29 is 45.9 Å². The number of nitrogens with zero attached hydrogens (tertiary/aromatic N) is 2. The lowest BCUT2D eigenvalue weighted by Crippen LogP contribution is -3.00. The first-order chi connectivity index (χ1) is 17.5. The molecule has 6 N–H and O–H groups in total. The van der Waals surface area contributed by atoms with Gasteiger partial charge in [-0.05, 0) is 72.2 Å². The zero-order chi connectivity index (χ0) is 25.1. The van der Waals surface area contributed by atoms with Crippen LogP contribution in [0.3, 0.4) is 0 Å². The average Bonchev–Trinajstić information content (AvgIpc) is 3.17. The van der Waals surface area contributed by atoms with Gasteiger partial charge in [-0.25, -0.2) is 19.4 Å². The second kappa shape index (κ2) is 12.7. The Labute approximate surface area is 235 Å². The largest absolute Gasteiger partial charge is 1.00 e. The molecular formula is C30H30Cl2N4O2. The van der Waals surface area contributed by atoms with E-state index in [4.69, 9.17) is 0 Å². The maximum absolute atomic E-state index is 11.9. The quantitative estimate of drug-likeness (QED) is 0.282. The van der Waals surface area contributed by atoms with Crippen LogP contribution in [0.1, 0.15) is 22.3 Å². The molecule has 38 heavy (non-hydrogen) atoms. The minimum Gasteiger partial charge on any atom is -1.00 e. The number of quaternary nitrogens is 2. The molecule has 0 saturated carbocycles. The van der Waals surface area contributed by atoms with E-state index in [2.05, 4.69) is 35.7 Å². The minimum absolute atomic E-state index is 0. The Morgan fingerprint density at radius 2 is 0.658 bits per heavy atom. The summed E-state index contributed by atoms with van der Waals surface area (Å²) in [6, 6.07) is 31.8. The minimum atomic E-state index is -0.184. The van der Waals surface area contributed by atoms with E-state index in [-0.39, 0.29) is 36.9 Å². The fraction of sp³-hybridized carbons (Fsp3) is 0.133. The molecule has 0 saturated heterocycles. The van der Waals surface area contributed by atoms with Crippen LogP contribution in [0.2, 0.25) is 0 Å². The molecule has 4 aromatic carbocycles. The van der Waals surface area contributed by atoms with Crippen molar-refractivity contribution in [2.75, 3.05) is 9.80 Å². The molecule has 4 amide bonds. The fourth-order valence-electron chi connectivity index (χ4n) is 5.10. The van der Waals surface area contributed by atoms with Crippen molar-refractivity contribution in [2.24, 2.45) is 0 Å². The van der Waals surface area contributed by atoms with Crippen molar-refractivity contribution in [3.05, 3.63) is 119 Å². The van der Waals surface area contributed by atoms with Crippen LogP contribution in [-0.2, 0) is 25.7 Å². The maximum Gasteiger partial charge on any atom is 0.423 e. The Kier molecular flexibility index (Phi) is 9.66. The standard InChI is InChI=1S/2C15H14N2O.2ClH/c2*16-15(18)17-13-7-3-1-5-11(13)9-10-12-6-2-4-8-14(12)17;;/h2*1-8H,9-10H2,(H2,16,18);2*1H. The number of carbonyl (C=O) groups excluding carboxylic acids is 2. The van der Waals surface area contributed by atoms with Gasteiger partial charge in [0.25, 0.3) is 0 Å². The number of hydrogen-bond acceptors (Lipinski definition) is 2. The molecule has 0 radical (unpaired) electrons. The fourth-order valence-corrected chi connectivity index (χ4v) is 5.10. The SMILES string of the molecule is [Cl-].[Cl-].[NH3+]C(=O)N1c2ccccc2CCc2ccccc21.[NH3+]C(=O)N1c2ccccc2CCc2ccccc21. The van der Waals surface area contributed by atoms with Gasteiger partial charge in [0.1, 0.15) is 0 Å². The summed E-state index contributed by atoms with van der Waals surface area (Å²) in [5, 5.41) is 0. The predicted molar refractivity (Wildman–Crippen MR) is 141 cm³/mol. The summed E-state index contributed by atoms with van der Waals surface area (Å²) >= 11 is 0. The van der Waals surface area contributed by atoms with Crippen LogP contribution in [0.15, 0.2) is 97.1 Å². The van der Waals surface area contributed by atoms with E-state index in [1.807, 2.05) is 72.8 Å². The highest BCUT2D eigenvalue weighted by molar-refractivity contribution is 5.96. The van der Waals surface area contributed by atoms with Gasteiger partial charge in [0, 0.05) is 0 Å². The summed E-state index contributed by atoms with van der Waals surface area (Å²) in [5.74, 6) is 0. The van der Waals surface area contributed by atoms with E-state index in [0.29, 0.717) is 0 Å². The molecule has 4 aromatic rings. The van der Waals surface area contributed by atoms with E-state index in [9.17, 15) is 9.59 Å². The number of anilines is 4. The summed E-state index contributed by atoms with van der Waals surface area (Å²) in [6.07, 6.45) is 3.82. The Morgan fingerprint density at radius 3 is 0.868 bits per heavy atom. The van der Waals surface area contributed by atoms with E-state index in [1.54, 1.807) is 9.80 Å². The lowest BCUT2D eigenvalue weighted by atomic mass is 10.0. The van der Waals surface area contributed by atoms with Crippen LogP contribution < -0.4 is 46.1 Å². The van der Waals surface area contributed by atoms with Gasteiger partial charge in [-0.2, -0.15) is 0 Å². The van der Waals surface area contributed by atoms with Crippen molar-refractivity contribution >= 4 is 34.8 Å². The molecule has 6 nitrogen and oxygen atoms in total. The molecule has 0 bridgehead atoms. The van der Waals surface area contributed by atoms with Crippen LogP contribution >= 0.6 is 0 Å². The number of para-hydroxylation sites is 4. The number of carbonyl (C=O) groups is 2. The highest BCUT2D eigenvalue weighted by Crippen LogP contribution is 2.36. The first kappa shape index (κ1) is 28.9. The number of benzene rings is 4. The van der Waals surface area contributed by atoms with Gasteiger partial charge in [-0.15, -0.1) is 0 Å². The highest BCUT2D eigenvalue weighted by atomic mass is 35.5. The lowest BCUT2D eigenvalue weighted by Gasteiger charge is -2.20. The molecule has 0 aliphatic carbocycles. The van der Waals surface area contributed by atoms with Gasteiger partial charge in [0.15, 0.2) is 0 Å². The van der Waals surface area contributed by atoms with Gasteiger partial charge < -0.3 is 24.8 Å². The number of amides is 4. The third-order valence-corrected chi connectivity index (χ3v) is 6.76. The van der Waals surface area contributed by atoms with Crippen LogP contribution in [-0.4, -0.2) is 12.1 Å². The zero-order valence-corrected chi connectivity index (χ0v) is 22.5. The average molecular weight is 550 g/mol. The number of aryl methyl sites for hydroxylation is 4. The molecule has 196 valence electrons. The summed E-state index contributed by atoms with van der Waals surface area (Å²) in [5.41, 5.74) is 15.8. The molecule has 2 aliphatic rings. The topological polar surface area (TPSA) is 95.9 Å².